The monoisotopic (exact) mass is 459 g/mol. The van der Waals surface area contributed by atoms with Gasteiger partial charge in [-0.05, 0) is 29.8 Å². The van der Waals surface area contributed by atoms with Crippen LogP contribution in [0, 0.1) is 0 Å². The molecule has 2 heterocycles. The van der Waals surface area contributed by atoms with Gasteiger partial charge < -0.3 is 19.7 Å². The summed E-state index contributed by atoms with van der Waals surface area (Å²) in [4.78, 5) is 18.0. The van der Waals surface area contributed by atoms with E-state index in [-0.39, 0.29) is 30.4 Å². The average molecular weight is 459 g/mol. The number of ether oxygens (including phenoxy) is 2. The number of hydrogen-bond acceptors (Lipinski definition) is 5. The number of amidine groups is 1. The smallest absolute Gasteiger partial charge is 0.416 e. The zero-order valence-corrected chi connectivity index (χ0v) is 18.5. The van der Waals surface area contributed by atoms with Crippen molar-refractivity contribution in [1.82, 2.24) is 5.32 Å². The third-order valence-electron chi connectivity index (χ3n) is 5.75. The second-order valence-electron chi connectivity index (χ2n) is 8.09. The Bertz CT molecular complexity index is 1140. The van der Waals surface area contributed by atoms with Crippen LogP contribution in [0.25, 0.3) is 0 Å². The molecule has 6 nitrogen and oxygen atoms in total. The number of rotatable bonds is 6. The molecule has 0 spiro atoms. The fourth-order valence-corrected chi connectivity index (χ4v) is 4.03. The van der Waals surface area contributed by atoms with Crippen molar-refractivity contribution in [2.75, 3.05) is 32.6 Å². The molecule has 0 aliphatic carbocycles. The van der Waals surface area contributed by atoms with Crippen molar-refractivity contribution in [3.8, 4) is 11.5 Å². The maximum Gasteiger partial charge on any atom is 0.416 e. The molecule has 9 heteroatoms. The van der Waals surface area contributed by atoms with Crippen LogP contribution in [-0.2, 0) is 17.6 Å². The molecular formula is C24H24F3N3O3. The maximum absolute atomic E-state index is 13.6. The number of benzene rings is 2. The van der Waals surface area contributed by atoms with Crippen molar-refractivity contribution >= 4 is 17.4 Å². The van der Waals surface area contributed by atoms with E-state index in [4.69, 9.17) is 9.47 Å². The number of nitrogens with one attached hydrogen (secondary N) is 1. The number of fused-ring (bicyclic) bond motifs is 1. The molecule has 1 N–H and O–H groups in total. The number of aliphatic imine (C=N–C) groups is 1. The van der Waals surface area contributed by atoms with E-state index in [0.29, 0.717) is 29.6 Å². The fourth-order valence-electron chi connectivity index (χ4n) is 4.03. The molecule has 2 aliphatic rings. The molecule has 0 saturated carbocycles. The van der Waals surface area contributed by atoms with Crippen LogP contribution in [0.3, 0.4) is 0 Å². The number of carbonyl (C=O) groups is 1. The second kappa shape index (κ2) is 8.80. The molecule has 1 unspecified atom stereocenters. The van der Waals surface area contributed by atoms with Gasteiger partial charge in [0.15, 0.2) is 11.5 Å². The third kappa shape index (κ3) is 4.67. The van der Waals surface area contributed by atoms with Crippen LogP contribution in [0.5, 0.6) is 11.5 Å². The minimum absolute atomic E-state index is 0.0279. The molecule has 33 heavy (non-hydrogen) atoms. The molecule has 0 aromatic heterocycles. The summed E-state index contributed by atoms with van der Waals surface area (Å²) in [5.74, 6) is 1.02. The lowest BCUT2D eigenvalue weighted by Gasteiger charge is -2.26. The molecule has 0 radical (unpaired) electrons. The molecule has 2 aromatic carbocycles. The molecule has 1 amide bonds. The highest BCUT2D eigenvalue weighted by molar-refractivity contribution is 6.12. The summed E-state index contributed by atoms with van der Waals surface area (Å²) in [5, 5.41) is 2.78. The van der Waals surface area contributed by atoms with Crippen molar-refractivity contribution in [3.05, 3.63) is 64.7 Å². The minimum atomic E-state index is -4.51. The Morgan fingerprint density at radius 2 is 1.94 bits per heavy atom. The van der Waals surface area contributed by atoms with Gasteiger partial charge in [-0.2, -0.15) is 13.2 Å². The van der Waals surface area contributed by atoms with Crippen molar-refractivity contribution in [1.29, 1.82) is 0 Å². The summed E-state index contributed by atoms with van der Waals surface area (Å²) in [6.45, 7) is 0.250. The van der Waals surface area contributed by atoms with E-state index in [9.17, 15) is 18.0 Å². The molecule has 1 fully saturated rings. The zero-order chi connectivity index (χ0) is 23.8. The molecule has 0 bridgehead atoms. The lowest BCUT2D eigenvalue weighted by Crippen LogP contribution is -2.38. The highest BCUT2D eigenvalue weighted by atomic mass is 19.4. The van der Waals surface area contributed by atoms with Crippen LogP contribution in [0.4, 0.5) is 18.9 Å². The van der Waals surface area contributed by atoms with Crippen LogP contribution in [0.2, 0.25) is 0 Å². The summed E-state index contributed by atoms with van der Waals surface area (Å²) in [6, 6.07) is 9.38. The van der Waals surface area contributed by atoms with Crippen LogP contribution >= 0.6 is 0 Å². The zero-order valence-electron chi connectivity index (χ0n) is 18.5. The number of alkyl halides is 3. The van der Waals surface area contributed by atoms with Gasteiger partial charge in [0.1, 0.15) is 12.4 Å². The van der Waals surface area contributed by atoms with Crippen LogP contribution < -0.4 is 19.7 Å². The van der Waals surface area contributed by atoms with Gasteiger partial charge in [0, 0.05) is 43.3 Å². The number of halogens is 3. The summed E-state index contributed by atoms with van der Waals surface area (Å²) < 4.78 is 52.0. The van der Waals surface area contributed by atoms with E-state index in [1.807, 2.05) is 6.08 Å². The van der Waals surface area contributed by atoms with Crippen LogP contribution in [-0.4, -0.2) is 39.5 Å². The Hall–Kier alpha value is -3.49. The predicted octanol–water partition coefficient (Wildman–Crippen LogP) is 4.30. The number of amides is 1. The Kier molecular flexibility index (Phi) is 6.05. The van der Waals surface area contributed by atoms with E-state index in [0.717, 1.165) is 17.2 Å². The van der Waals surface area contributed by atoms with E-state index in [2.05, 4.69) is 10.3 Å². The highest BCUT2D eigenvalue weighted by Crippen LogP contribution is 2.39. The average Bonchev–Trinajstić information content (AvgIpc) is 3.24. The van der Waals surface area contributed by atoms with Gasteiger partial charge in [-0.1, -0.05) is 18.2 Å². The largest absolute Gasteiger partial charge is 0.493 e. The predicted molar refractivity (Wildman–Crippen MR) is 119 cm³/mol. The van der Waals surface area contributed by atoms with Crippen molar-refractivity contribution in [2.45, 2.75) is 25.1 Å². The standard InChI is InChI=1S/C24H24F3N3O3/c1-30(2)16-6-4-15(19(11-16)24(25,26)27)13-33-20-7-5-14(10-21(20)32-3)18-12-22(31)29-23-17(18)8-9-28-23/h4-8,10-11,18H,9,12-13H2,1-3H3,(H,28,29,31). The Labute approximate surface area is 189 Å². The van der Waals surface area contributed by atoms with Gasteiger partial charge in [-0.3, -0.25) is 9.79 Å². The van der Waals surface area contributed by atoms with Gasteiger partial charge in [-0.25, -0.2) is 0 Å². The summed E-state index contributed by atoms with van der Waals surface area (Å²) in [7, 11) is 4.84. The number of anilines is 1. The molecule has 1 atom stereocenters. The number of hydrogen-bond donors (Lipinski definition) is 1. The van der Waals surface area contributed by atoms with Crippen molar-refractivity contribution in [2.24, 2.45) is 4.99 Å². The first-order valence-electron chi connectivity index (χ1n) is 10.4. The number of methoxy groups -OCH3 is 1. The summed E-state index contributed by atoms with van der Waals surface area (Å²) >= 11 is 0. The highest BCUT2D eigenvalue weighted by Gasteiger charge is 2.34. The van der Waals surface area contributed by atoms with Gasteiger partial charge in [0.25, 0.3) is 0 Å². The first-order valence-corrected chi connectivity index (χ1v) is 10.4. The van der Waals surface area contributed by atoms with Crippen molar-refractivity contribution < 1.29 is 27.4 Å². The first-order chi connectivity index (χ1) is 15.7. The van der Waals surface area contributed by atoms with Gasteiger partial charge in [0.05, 0.1) is 19.2 Å². The normalized spacial score (nSPS) is 17.6. The topological polar surface area (TPSA) is 63.2 Å². The number of carbonyl (C=O) groups excluding carboxylic acids is 1. The maximum atomic E-state index is 13.6. The molecule has 174 valence electrons. The first kappa shape index (κ1) is 22.7. The van der Waals surface area contributed by atoms with Gasteiger partial charge in [-0.15, -0.1) is 0 Å². The van der Waals surface area contributed by atoms with Gasteiger partial charge in [0.2, 0.25) is 5.91 Å². The molecule has 2 aromatic rings. The van der Waals surface area contributed by atoms with Crippen molar-refractivity contribution in [3.63, 3.8) is 0 Å². The molecule has 1 saturated heterocycles. The molecular weight excluding hydrogens is 435 g/mol. The number of piperidine rings is 1. The second-order valence-corrected chi connectivity index (χ2v) is 8.09. The van der Waals surface area contributed by atoms with E-state index < -0.39 is 11.7 Å². The SMILES string of the molecule is COc1cc(C2CC(=O)NC3=NCC=C32)ccc1OCc1ccc(N(C)C)cc1C(F)(F)F. The molecule has 4 rings (SSSR count). The third-order valence-corrected chi connectivity index (χ3v) is 5.75. The summed E-state index contributed by atoms with van der Waals surface area (Å²) in [6.07, 6.45) is -2.25. The van der Waals surface area contributed by atoms with E-state index >= 15 is 0 Å². The van der Waals surface area contributed by atoms with E-state index in [1.165, 1.54) is 13.2 Å². The Balaban J connectivity index is 1.58. The lowest BCUT2D eigenvalue weighted by molar-refractivity contribution is -0.138. The fraction of sp³-hybridized carbons (Fsp3) is 0.333. The quantitative estimate of drug-likeness (QED) is 0.700. The lowest BCUT2D eigenvalue weighted by atomic mass is 9.85. The minimum Gasteiger partial charge on any atom is -0.493 e. The van der Waals surface area contributed by atoms with Crippen LogP contribution in [0.1, 0.15) is 29.0 Å². The summed E-state index contributed by atoms with van der Waals surface area (Å²) in [5.41, 5.74) is 1.55. The molecule has 2 aliphatic heterocycles. The Morgan fingerprint density at radius 1 is 1.15 bits per heavy atom. The van der Waals surface area contributed by atoms with Crippen LogP contribution in [0.15, 0.2) is 53.0 Å². The Morgan fingerprint density at radius 3 is 2.64 bits per heavy atom. The van der Waals surface area contributed by atoms with Gasteiger partial charge >= 0.3 is 6.18 Å². The van der Waals surface area contributed by atoms with E-state index in [1.54, 1.807) is 43.3 Å². The number of nitrogens with zero attached hydrogens (tertiary/aromatic N) is 2.